The standard InChI is InChI=1S/C19H22O5/c1-4-22-18(20)12(3)23-15-9-11(2)10-16-17(15)13-7-5-6-8-14(13)19(21)24-16/h9-10,12H,4-8H2,1-3H3/t12-/m0/s1. The summed E-state index contributed by atoms with van der Waals surface area (Å²) < 4.78 is 16.4. The first-order valence-corrected chi connectivity index (χ1v) is 8.43. The molecule has 0 saturated heterocycles. The van der Waals surface area contributed by atoms with Crippen LogP contribution in [0.3, 0.4) is 0 Å². The molecule has 3 rings (SSSR count). The van der Waals surface area contributed by atoms with E-state index >= 15 is 0 Å². The second-order valence-corrected chi connectivity index (χ2v) is 6.20. The number of rotatable bonds is 4. The molecule has 0 saturated carbocycles. The van der Waals surface area contributed by atoms with Crippen LogP contribution in [-0.4, -0.2) is 18.7 Å². The largest absolute Gasteiger partial charge is 0.478 e. The maximum absolute atomic E-state index is 12.2. The number of carbonyl (C=O) groups is 1. The second kappa shape index (κ2) is 6.67. The molecule has 0 fully saturated rings. The van der Waals surface area contributed by atoms with Crippen molar-refractivity contribution in [1.29, 1.82) is 0 Å². The van der Waals surface area contributed by atoms with E-state index in [4.69, 9.17) is 13.9 Å². The molecule has 5 nitrogen and oxygen atoms in total. The molecule has 0 unspecified atom stereocenters. The monoisotopic (exact) mass is 330 g/mol. The Labute approximate surface area is 140 Å². The van der Waals surface area contributed by atoms with Crippen LogP contribution in [0.4, 0.5) is 0 Å². The summed E-state index contributed by atoms with van der Waals surface area (Å²) in [4.78, 5) is 24.1. The number of benzene rings is 1. The number of ether oxygens (including phenoxy) is 2. The molecule has 0 amide bonds. The van der Waals surface area contributed by atoms with Gasteiger partial charge < -0.3 is 13.9 Å². The van der Waals surface area contributed by atoms with Crippen LogP contribution >= 0.6 is 0 Å². The van der Waals surface area contributed by atoms with Crippen LogP contribution in [0, 0.1) is 6.92 Å². The number of hydrogen-bond acceptors (Lipinski definition) is 5. The molecular formula is C19H22O5. The van der Waals surface area contributed by atoms with E-state index in [1.165, 1.54) is 0 Å². The van der Waals surface area contributed by atoms with Crippen molar-refractivity contribution in [3.05, 3.63) is 39.2 Å². The van der Waals surface area contributed by atoms with Crippen molar-refractivity contribution in [2.45, 2.75) is 52.6 Å². The maximum atomic E-state index is 12.2. The van der Waals surface area contributed by atoms with Gasteiger partial charge in [0.25, 0.3) is 0 Å². The van der Waals surface area contributed by atoms with Crippen molar-refractivity contribution >= 4 is 16.9 Å². The number of hydrogen-bond donors (Lipinski definition) is 0. The van der Waals surface area contributed by atoms with Gasteiger partial charge in [0.1, 0.15) is 11.3 Å². The molecule has 0 N–H and O–H groups in total. The van der Waals surface area contributed by atoms with E-state index in [2.05, 4.69) is 0 Å². The maximum Gasteiger partial charge on any atom is 0.347 e. The third-order valence-corrected chi connectivity index (χ3v) is 4.35. The van der Waals surface area contributed by atoms with Crippen molar-refractivity contribution in [3.63, 3.8) is 0 Å². The fourth-order valence-corrected chi connectivity index (χ4v) is 3.26. The molecule has 1 aromatic carbocycles. The second-order valence-electron chi connectivity index (χ2n) is 6.20. The Morgan fingerprint density at radius 3 is 2.67 bits per heavy atom. The van der Waals surface area contributed by atoms with Gasteiger partial charge in [-0.25, -0.2) is 9.59 Å². The molecule has 1 aliphatic rings. The molecule has 1 heterocycles. The van der Waals surface area contributed by atoms with Crippen molar-refractivity contribution < 1.29 is 18.7 Å². The highest BCUT2D eigenvalue weighted by atomic mass is 16.6. The number of esters is 1. The van der Waals surface area contributed by atoms with Gasteiger partial charge in [-0.1, -0.05) is 0 Å². The summed E-state index contributed by atoms with van der Waals surface area (Å²) in [5.41, 5.74) is 2.91. The minimum absolute atomic E-state index is 0.257. The van der Waals surface area contributed by atoms with E-state index in [1.807, 2.05) is 19.1 Å². The molecule has 0 spiro atoms. The molecule has 24 heavy (non-hydrogen) atoms. The molecule has 1 aliphatic carbocycles. The van der Waals surface area contributed by atoms with Gasteiger partial charge in [0, 0.05) is 5.56 Å². The Hall–Kier alpha value is -2.30. The van der Waals surface area contributed by atoms with Gasteiger partial charge in [-0.2, -0.15) is 0 Å². The smallest absolute Gasteiger partial charge is 0.347 e. The van der Waals surface area contributed by atoms with Crippen LogP contribution in [0.1, 0.15) is 43.4 Å². The Morgan fingerprint density at radius 1 is 1.25 bits per heavy atom. The van der Waals surface area contributed by atoms with Crippen LogP contribution in [0.5, 0.6) is 5.75 Å². The SMILES string of the molecule is CCOC(=O)[C@H](C)Oc1cc(C)cc2oc(=O)c3c(c12)CCCC3. The molecule has 5 heteroatoms. The lowest BCUT2D eigenvalue weighted by Crippen LogP contribution is -2.26. The van der Waals surface area contributed by atoms with Crippen molar-refractivity contribution in [2.75, 3.05) is 6.61 Å². The van der Waals surface area contributed by atoms with Crippen LogP contribution in [0.2, 0.25) is 0 Å². The van der Waals surface area contributed by atoms with E-state index in [-0.39, 0.29) is 5.63 Å². The van der Waals surface area contributed by atoms with E-state index in [0.717, 1.165) is 47.8 Å². The molecule has 128 valence electrons. The van der Waals surface area contributed by atoms with Gasteiger partial charge in [-0.15, -0.1) is 0 Å². The molecular weight excluding hydrogens is 308 g/mol. The fourth-order valence-electron chi connectivity index (χ4n) is 3.26. The zero-order valence-electron chi connectivity index (χ0n) is 14.3. The third kappa shape index (κ3) is 3.03. The first kappa shape index (κ1) is 16.6. The van der Waals surface area contributed by atoms with Gasteiger partial charge in [-0.05, 0) is 69.7 Å². The lowest BCUT2D eigenvalue weighted by atomic mass is 9.90. The van der Waals surface area contributed by atoms with E-state index in [0.29, 0.717) is 17.9 Å². The average Bonchev–Trinajstić information content (AvgIpc) is 2.54. The lowest BCUT2D eigenvalue weighted by molar-refractivity contribution is -0.150. The van der Waals surface area contributed by atoms with Gasteiger partial charge >= 0.3 is 11.6 Å². The minimum Gasteiger partial charge on any atom is -0.478 e. The molecule has 1 atom stereocenters. The van der Waals surface area contributed by atoms with E-state index in [9.17, 15) is 9.59 Å². The Morgan fingerprint density at radius 2 is 1.96 bits per heavy atom. The summed E-state index contributed by atoms with van der Waals surface area (Å²) in [5.74, 6) is 0.172. The highest BCUT2D eigenvalue weighted by molar-refractivity contribution is 5.89. The summed E-state index contributed by atoms with van der Waals surface area (Å²) >= 11 is 0. The molecule has 0 bridgehead atoms. The predicted octanol–water partition coefficient (Wildman–Crippen LogP) is 3.31. The first-order valence-electron chi connectivity index (χ1n) is 8.43. The normalized spacial score (nSPS) is 15.0. The molecule has 0 aliphatic heterocycles. The Balaban J connectivity index is 2.13. The first-order chi connectivity index (χ1) is 11.5. The molecule has 2 aromatic rings. The lowest BCUT2D eigenvalue weighted by Gasteiger charge is -2.20. The summed E-state index contributed by atoms with van der Waals surface area (Å²) in [7, 11) is 0. The average molecular weight is 330 g/mol. The van der Waals surface area contributed by atoms with Crippen LogP contribution in [0.15, 0.2) is 21.3 Å². The van der Waals surface area contributed by atoms with Gasteiger partial charge in [0.2, 0.25) is 0 Å². The third-order valence-electron chi connectivity index (χ3n) is 4.35. The zero-order chi connectivity index (χ0) is 17.3. The van der Waals surface area contributed by atoms with Crippen LogP contribution in [-0.2, 0) is 22.4 Å². The van der Waals surface area contributed by atoms with Gasteiger partial charge in [-0.3, -0.25) is 0 Å². The highest BCUT2D eigenvalue weighted by Crippen LogP contribution is 2.35. The van der Waals surface area contributed by atoms with Crippen LogP contribution in [0.25, 0.3) is 11.0 Å². The number of carbonyl (C=O) groups excluding carboxylic acids is 1. The molecule has 1 aromatic heterocycles. The number of fused-ring (bicyclic) bond motifs is 3. The number of aryl methyl sites for hydroxylation is 2. The Bertz CT molecular complexity index is 834. The van der Waals surface area contributed by atoms with Crippen LogP contribution < -0.4 is 10.4 Å². The molecule has 0 radical (unpaired) electrons. The summed E-state index contributed by atoms with van der Waals surface area (Å²) in [6.07, 6.45) is 2.86. The quantitative estimate of drug-likeness (QED) is 0.635. The van der Waals surface area contributed by atoms with Crippen molar-refractivity contribution in [3.8, 4) is 5.75 Å². The van der Waals surface area contributed by atoms with E-state index in [1.54, 1.807) is 13.8 Å². The summed E-state index contributed by atoms with van der Waals surface area (Å²) in [5, 5.41) is 0.811. The van der Waals surface area contributed by atoms with Gasteiger partial charge in [0.15, 0.2) is 6.10 Å². The van der Waals surface area contributed by atoms with Gasteiger partial charge in [0.05, 0.1) is 12.0 Å². The fraction of sp³-hybridized carbons (Fsp3) is 0.474. The highest BCUT2D eigenvalue weighted by Gasteiger charge is 2.23. The zero-order valence-corrected chi connectivity index (χ0v) is 14.3. The summed E-state index contributed by atoms with van der Waals surface area (Å²) in [6, 6.07) is 3.72. The van der Waals surface area contributed by atoms with Crippen molar-refractivity contribution in [1.82, 2.24) is 0 Å². The van der Waals surface area contributed by atoms with Crippen molar-refractivity contribution in [2.24, 2.45) is 0 Å². The summed E-state index contributed by atoms with van der Waals surface area (Å²) in [6.45, 7) is 5.64. The van der Waals surface area contributed by atoms with E-state index < -0.39 is 12.1 Å². The minimum atomic E-state index is -0.721. The topological polar surface area (TPSA) is 65.7 Å². The Kier molecular flexibility index (Phi) is 4.60. The predicted molar refractivity (Wildman–Crippen MR) is 90.6 cm³/mol.